The molecule has 2 aromatic carbocycles. The minimum atomic E-state index is -0.335. The normalized spacial score (nSPS) is 10.1. The van der Waals surface area contributed by atoms with Crippen molar-refractivity contribution in [3.05, 3.63) is 89.6 Å². The largest absolute Gasteiger partial charge is 0.321 e. The van der Waals surface area contributed by atoms with Gasteiger partial charge in [0.05, 0.1) is 11.3 Å². The molecule has 0 aliphatic rings. The number of amides is 2. The fraction of sp³-hybridized carbons (Fsp3) is 0.0500. The van der Waals surface area contributed by atoms with Crippen molar-refractivity contribution in [2.24, 2.45) is 0 Å². The molecule has 3 aromatic rings. The van der Waals surface area contributed by atoms with E-state index in [1.54, 1.807) is 60.8 Å². The second kappa shape index (κ2) is 7.40. The molecule has 0 fully saturated rings. The van der Waals surface area contributed by atoms with E-state index in [1.165, 1.54) is 0 Å². The highest BCUT2D eigenvalue weighted by molar-refractivity contribution is 6.12. The zero-order chi connectivity index (χ0) is 17.6. The van der Waals surface area contributed by atoms with Crippen molar-refractivity contribution in [1.82, 2.24) is 4.98 Å². The van der Waals surface area contributed by atoms with Crippen LogP contribution in [0.25, 0.3) is 0 Å². The van der Waals surface area contributed by atoms with Gasteiger partial charge in [-0.1, -0.05) is 35.9 Å². The first kappa shape index (κ1) is 16.4. The summed E-state index contributed by atoms with van der Waals surface area (Å²) < 4.78 is 0. The predicted molar refractivity (Wildman–Crippen MR) is 97.8 cm³/mol. The Kier molecular flexibility index (Phi) is 4.85. The third kappa shape index (κ3) is 4.09. The van der Waals surface area contributed by atoms with E-state index in [9.17, 15) is 9.59 Å². The lowest BCUT2D eigenvalue weighted by atomic mass is 10.1. The van der Waals surface area contributed by atoms with Crippen LogP contribution in [0.5, 0.6) is 0 Å². The Hall–Kier alpha value is -3.47. The van der Waals surface area contributed by atoms with Crippen LogP contribution in [-0.2, 0) is 0 Å². The molecule has 0 saturated carbocycles. The summed E-state index contributed by atoms with van der Waals surface area (Å²) in [6, 6.07) is 19.4. The van der Waals surface area contributed by atoms with Gasteiger partial charge in [0.25, 0.3) is 11.8 Å². The second-order valence-corrected chi connectivity index (χ2v) is 5.53. The summed E-state index contributed by atoms with van der Waals surface area (Å²) in [7, 11) is 0. The highest BCUT2D eigenvalue weighted by atomic mass is 16.2. The smallest absolute Gasteiger partial charge is 0.258 e. The van der Waals surface area contributed by atoms with Crippen LogP contribution in [-0.4, -0.2) is 16.8 Å². The molecule has 124 valence electrons. The average molecular weight is 331 g/mol. The Morgan fingerprint density at radius 1 is 0.800 bits per heavy atom. The van der Waals surface area contributed by atoms with Crippen molar-refractivity contribution in [2.75, 3.05) is 10.6 Å². The fourth-order valence-electron chi connectivity index (χ4n) is 2.31. The zero-order valence-corrected chi connectivity index (χ0v) is 13.7. The molecule has 1 heterocycles. The Balaban J connectivity index is 1.79. The molecule has 2 N–H and O–H groups in total. The maximum absolute atomic E-state index is 12.5. The van der Waals surface area contributed by atoms with Gasteiger partial charge in [0.15, 0.2) is 0 Å². The molecular weight excluding hydrogens is 314 g/mol. The minimum Gasteiger partial charge on any atom is -0.321 e. The number of benzene rings is 2. The van der Waals surface area contributed by atoms with Gasteiger partial charge in [-0.05, 0) is 43.3 Å². The molecule has 3 rings (SSSR count). The van der Waals surface area contributed by atoms with E-state index in [-0.39, 0.29) is 11.8 Å². The van der Waals surface area contributed by atoms with Crippen LogP contribution in [0.4, 0.5) is 11.5 Å². The van der Waals surface area contributed by atoms with Gasteiger partial charge < -0.3 is 10.6 Å². The predicted octanol–water partition coefficient (Wildman–Crippen LogP) is 3.89. The van der Waals surface area contributed by atoms with E-state index < -0.39 is 0 Å². The highest BCUT2D eigenvalue weighted by Crippen LogP contribution is 2.18. The summed E-state index contributed by atoms with van der Waals surface area (Å²) in [5, 5.41) is 5.51. The molecule has 0 atom stereocenters. The number of anilines is 2. The van der Waals surface area contributed by atoms with E-state index in [0.29, 0.717) is 22.6 Å². The molecule has 0 radical (unpaired) electrons. The summed E-state index contributed by atoms with van der Waals surface area (Å²) in [6.07, 6.45) is 1.60. The molecule has 0 spiro atoms. The Morgan fingerprint density at radius 2 is 1.52 bits per heavy atom. The first-order valence-corrected chi connectivity index (χ1v) is 7.83. The van der Waals surface area contributed by atoms with E-state index in [0.717, 1.165) is 5.56 Å². The number of rotatable bonds is 4. The van der Waals surface area contributed by atoms with Crippen LogP contribution < -0.4 is 10.6 Å². The summed E-state index contributed by atoms with van der Waals surface area (Å²) in [5.74, 6) is -0.149. The maximum Gasteiger partial charge on any atom is 0.258 e. The van der Waals surface area contributed by atoms with E-state index in [2.05, 4.69) is 15.6 Å². The van der Waals surface area contributed by atoms with Gasteiger partial charge in [0.2, 0.25) is 0 Å². The summed E-state index contributed by atoms with van der Waals surface area (Å²) in [5.41, 5.74) is 2.42. The number of carbonyl (C=O) groups is 2. The van der Waals surface area contributed by atoms with Crippen molar-refractivity contribution < 1.29 is 9.59 Å². The lowest BCUT2D eigenvalue weighted by Crippen LogP contribution is -2.18. The van der Waals surface area contributed by atoms with Crippen LogP contribution in [0.3, 0.4) is 0 Å². The third-order valence-electron chi connectivity index (χ3n) is 3.64. The molecule has 0 aliphatic heterocycles. The molecular formula is C20H17N3O2. The van der Waals surface area contributed by atoms with Crippen molar-refractivity contribution in [3.63, 3.8) is 0 Å². The van der Waals surface area contributed by atoms with Gasteiger partial charge in [0.1, 0.15) is 5.82 Å². The molecule has 0 saturated heterocycles. The van der Waals surface area contributed by atoms with E-state index in [4.69, 9.17) is 0 Å². The quantitative estimate of drug-likeness (QED) is 0.762. The summed E-state index contributed by atoms with van der Waals surface area (Å²) in [4.78, 5) is 29.0. The maximum atomic E-state index is 12.5. The Morgan fingerprint density at radius 3 is 2.24 bits per heavy atom. The topological polar surface area (TPSA) is 71.1 Å². The SMILES string of the molecule is Cc1ccc(C(=O)Nc2ccccc2C(=O)Nc2ccccn2)cc1. The molecule has 0 unspecified atom stereocenters. The molecule has 25 heavy (non-hydrogen) atoms. The first-order valence-electron chi connectivity index (χ1n) is 7.83. The minimum absolute atomic E-state index is 0.266. The van der Waals surface area contributed by atoms with Gasteiger partial charge in [-0.3, -0.25) is 9.59 Å². The van der Waals surface area contributed by atoms with Crippen molar-refractivity contribution in [3.8, 4) is 0 Å². The monoisotopic (exact) mass is 331 g/mol. The highest BCUT2D eigenvalue weighted by Gasteiger charge is 2.14. The first-order chi connectivity index (χ1) is 12.1. The summed E-state index contributed by atoms with van der Waals surface area (Å²) in [6.45, 7) is 1.96. The standard InChI is InChI=1S/C20H17N3O2/c1-14-9-11-15(12-10-14)19(24)22-17-7-3-2-6-16(17)20(25)23-18-8-4-5-13-21-18/h2-13H,1H3,(H,22,24)(H,21,23,25). The van der Waals surface area contributed by atoms with Gasteiger partial charge >= 0.3 is 0 Å². The number of para-hydroxylation sites is 1. The van der Waals surface area contributed by atoms with Crippen LogP contribution >= 0.6 is 0 Å². The number of pyridine rings is 1. The number of aryl methyl sites for hydroxylation is 1. The van der Waals surface area contributed by atoms with Gasteiger partial charge in [0, 0.05) is 11.8 Å². The van der Waals surface area contributed by atoms with Gasteiger partial charge in [-0.15, -0.1) is 0 Å². The molecule has 2 amide bonds. The number of carbonyl (C=O) groups excluding carboxylic acids is 2. The number of aromatic nitrogens is 1. The van der Waals surface area contributed by atoms with Crippen molar-refractivity contribution in [2.45, 2.75) is 6.92 Å². The van der Waals surface area contributed by atoms with E-state index in [1.807, 2.05) is 19.1 Å². The van der Waals surface area contributed by atoms with Crippen LogP contribution in [0.2, 0.25) is 0 Å². The molecule has 5 nitrogen and oxygen atoms in total. The van der Waals surface area contributed by atoms with Crippen LogP contribution in [0, 0.1) is 6.92 Å². The number of nitrogens with zero attached hydrogens (tertiary/aromatic N) is 1. The second-order valence-electron chi connectivity index (χ2n) is 5.53. The molecule has 0 aliphatic carbocycles. The van der Waals surface area contributed by atoms with Gasteiger partial charge in [-0.25, -0.2) is 4.98 Å². The van der Waals surface area contributed by atoms with Crippen molar-refractivity contribution >= 4 is 23.3 Å². The van der Waals surface area contributed by atoms with Gasteiger partial charge in [-0.2, -0.15) is 0 Å². The van der Waals surface area contributed by atoms with E-state index >= 15 is 0 Å². The van der Waals surface area contributed by atoms with Crippen LogP contribution in [0.15, 0.2) is 72.9 Å². The summed E-state index contributed by atoms with van der Waals surface area (Å²) >= 11 is 0. The average Bonchev–Trinajstić information content (AvgIpc) is 2.63. The van der Waals surface area contributed by atoms with Crippen molar-refractivity contribution in [1.29, 1.82) is 0 Å². The zero-order valence-electron chi connectivity index (χ0n) is 13.7. The molecule has 5 heteroatoms. The molecule has 1 aromatic heterocycles. The molecule has 0 bridgehead atoms. The Labute approximate surface area is 145 Å². The lowest BCUT2D eigenvalue weighted by Gasteiger charge is -2.11. The number of nitrogens with one attached hydrogen (secondary N) is 2. The number of hydrogen-bond donors (Lipinski definition) is 2. The third-order valence-corrected chi connectivity index (χ3v) is 3.64. The fourth-order valence-corrected chi connectivity index (χ4v) is 2.31. The van der Waals surface area contributed by atoms with Crippen LogP contribution in [0.1, 0.15) is 26.3 Å². The Bertz CT molecular complexity index is 890. The number of hydrogen-bond acceptors (Lipinski definition) is 3. The lowest BCUT2D eigenvalue weighted by molar-refractivity contribution is 0.102.